The number of rotatable bonds is 6. The van der Waals surface area contributed by atoms with Gasteiger partial charge in [-0.1, -0.05) is 66.5 Å². The molecule has 164 valence electrons. The molecule has 0 saturated heterocycles. The number of nitrogens with two attached hydrogens (primary N) is 1. The van der Waals surface area contributed by atoms with E-state index < -0.39 is 5.82 Å². The second kappa shape index (κ2) is 10.1. The summed E-state index contributed by atoms with van der Waals surface area (Å²) < 4.78 is 36.4. The second-order valence-corrected chi connectivity index (χ2v) is 9.67. The highest BCUT2D eigenvalue weighted by Gasteiger charge is 2.21. The number of allylic oxidation sites excluding steroid dienone is 1. The van der Waals surface area contributed by atoms with Crippen molar-refractivity contribution >= 4 is 51.0 Å². The molecule has 0 radical (unpaired) electrons. The summed E-state index contributed by atoms with van der Waals surface area (Å²) in [5, 5.41) is 0. The van der Waals surface area contributed by atoms with Crippen molar-refractivity contribution in [3.63, 3.8) is 0 Å². The largest absolute Gasteiger partial charge is 0.488 e. The molecule has 32 heavy (non-hydrogen) atoms. The number of halogens is 3. The molecular formula is C25H20BrF2NOS2. The summed E-state index contributed by atoms with van der Waals surface area (Å²) in [6, 6.07) is 13.9. The van der Waals surface area contributed by atoms with Gasteiger partial charge in [0.05, 0.1) is 9.79 Å². The van der Waals surface area contributed by atoms with E-state index in [1.165, 1.54) is 12.1 Å². The minimum absolute atomic E-state index is 0.0663. The first-order chi connectivity index (χ1) is 15.4. The Morgan fingerprint density at radius 1 is 1.12 bits per heavy atom. The van der Waals surface area contributed by atoms with Gasteiger partial charge in [0.25, 0.3) is 0 Å². The van der Waals surface area contributed by atoms with Crippen LogP contribution in [0.15, 0.2) is 68.9 Å². The van der Waals surface area contributed by atoms with Crippen LogP contribution in [-0.4, -0.2) is 4.99 Å². The molecule has 0 heterocycles. The normalized spacial score (nSPS) is 12.8. The molecule has 1 aliphatic carbocycles. The first kappa shape index (κ1) is 23.0. The zero-order chi connectivity index (χ0) is 22.7. The van der Waals surface area contributed by atoms with Crippen LogP contribution in [0.2, 0.25) is 0 Å². The number of fused-ring (bicyclic) bond motifs is 1. The van der Waals surface area contributed by atoms with Crippen LogP contribution in [0.5, 0.6) is 5.75 Å². The molecule has 3 aromatic rings. The van der Waals surface area contributed by atoms with E-state index in [2.05, 4.69) is 22.0 Å². The van der Waals surface area contributed by atoms with E-state index >= 15 is 4.39 Å². The highest BCUT2D eigenvalue weighted by molar-refractivity contribution is 9.10. The molecule has 2 N–H and O–H groups in total. The van der Waals surface area contributed by atoms with E-state index in [0.717, 1.165) is 47.7 Å². The number of ether oxygens (including phenoxy) is 1. The third-order valence-corrected chi connectivity index (χ3v) is 7.60. The predicted molar refractivity (Wildman–Crippen MR) is 133 cm³/mol. The first-order valence-electron chi connectivity index (χ1n) is 10.1. The fourth-order valence-electron chi connectivity index (χ4n) is 3.52. The lowest BCUT2D eigenvalue weighted by Crippen LogP contribution is -2.12. The fourth-order valence-corrected chi connectivity index (χ4v) is 5.46. The Morgan fingerprint density at radius 2 is 1.91 bits per heavy atom. The van der Waals surface area contributed by atoms with E-state index in [4.69, 9.17) is 22.7 Å². The minimum Gasteiger partial charge on any atom is -0.488 e. The SMILES string of the molecule is NC(=S)c1cc(Sc2c(F)cc3c(c2Br)C=CCCC3)c(OCc2ccccc2)cc1F. The van der Waals surface area contributed by atoms with Crippen molar-refractivity contribution in [2.45, 2.75) is 35.7 Å². The van der Waals surface area contributed by atoms with Crippen LogP contribution in [0, 0.1) is 11.6 Å². The van der Waals surface area contributed by atoms with Gasteiger partial charge in [0.15, 0.2) is 0 Å². The molecule has 3 aromatic carbocycles. The monoisotopic (exact) mass is 531 g/mol. The van der Waals surface area contributed by atoms with Crippen LogP contribution < -0.4 is 10.5 Å². The zero-order valence-electron chi connectivity index (χ0n) is 17.0. The summed E-state index contributed by atoms with van der Waals surface area (Å²) in [5.74, 6) is -0.617. The maximum Gasteiger partial charge on any atom is 0.138 e. The van der Waals surface area contributed by atoms with Crippen molar-refractivity contribution in [2.24, 2.45) is 5.73 Å². The summed E-state index contributed by atoms with van der Waals surface area (Å²) in [6.45, 7) is 0.247. The van der Waals surface area contributed by atoms with E-state index in [9.17, 15) is 4.39 Å². The Hall–Kier alpha value is -2.22. The van der Waals surface area contributed by atoms with Gasteiger partial charge >= 0.3 is 0 Å². The Morgan fingerprint density at radius 3 is 2.66 bits per heavy atom. The molecule has 0 aromatic heterocycles. The van der Waals surface area contributed by atoms with Gasteiger partial charge in [0, 0.05) is 16.1 Å². The molecule has 4 rings (SSSR count). The molecule has 0 spiro atoms. The van der Waals surface area contributed by atoms with E-state index in [0.29, 0.717) is 20.0 Å². The number of thiocarbonyl (C=S) groups is 1. The lowest BCUT2D eigenvalue weighted by atomic mass is 10.0. The standard InChI is InChI=1S/C25H20BrF2NOS2/c26-23-17-10-6-2-5-9-16(17)11-20(28)24(23)32-22-12-18(25(29)31)19(27)13-21(22)30-14-15-7-3-1-4-8-15/h1,3-4,6-8,10-13H,2,5,9,14H2,(H2,29,31). The molecule has 1 aliphatic rings. The second-order valence-electron chi connectivity index (χ2n) is 7.39. The van der Waals surface area contributed by atoms with Gasteiger partial charge in [0.2, 0.25) is 0 Å². The van der Waals surface area contributed by atoms with Gasteiger partial charge in [-0.2, -0.15) is 0 Å². The van der Waals surface area contributed by atoms with Gasteiger partial charge in [-0.05, 0) is 64.0 Å². The fraction of sp³-hybridized carbons (Fsp3) is 0.160. The average Bonchev–Trinajstić information content (AvgIpc) is 3.02. The van der Waals surface area contributed by atoms with Crippen LogP contribution in [0.4, 0.5) is 8.78 Å². The molecule has 0 bridgehead atoms. The first-order valence-corrected chi connectivity index (χ1v) is 12.1. The maximum absolute atomic E-state index is 15.1. The maximum atomic E-state index is 15.1. The third kappa shape index (κ3) is 5.05. The average molecular weight is 532 g/mol. The molecular weight excluding hydrogens is 512 g/mol. The topological polar surface area (TPSA) is 35.2 Å². The smallest absolute Gasteiger partial charge is 0.138 e. The third-order valence-electron chi connectivity index (χ3n) is 5.15. The van der Waals surface area contributed by atoms with Gasteiger partial charge in [-0.25, -0.2) is 8.78 Å². The van der Waals surface area contributed by atoms with Crippen molar-refractivity contribution in [2.75, 3.05) is 0 Å². The molecule has 0 saturated carbocycles. The molecule has 0 fully saturated rings. The quantitative estimate of drug-likeness (QED) is 0.335. The van der Waals surface area contributed by atoms with Crippen LogP contribution in [0.25, 0.3) is 6.08 Å². The van der Waals surface area contributed by atoms with Gasteiger partial charge < -0.3 is 10.5 Å². The van der Waals surface area contributed by atoms with Crippen molar-refractivity contribution in [1.82, 2.24) is 0 Å². The summed E-state index contributed by atoms with van der Waals surface area (Å²) in [4.78, 5) is 0.867. The summed E-state index contributed by atoms with van der Waals surface area (Å²) >= 11 is 9.75. The van der Waals surface area contributed by atoms with Crippen molar-refractivity contribution in [3.8, 4) is 5.75 Å². The van der Waals surface area contributed by atoms with Crippen LogP contribution >= 0.6 is 39.9 Å². The molecule has 0 aliphatic heterocycles. The van der Waals surface area contributed by atoms with Crippen LogP contribution in [0.3, 0.4) is 0 Å². The number of hydrogen-bond donors (Lipinski definition) is 1. The summed E-state index contributed by atoms with van der Waals surface area (Å²) in [7, 11) is 0. The van der Waals surface area contributed by atoms with E-state index in [1.54, 1.807) is 6.07 Å². The lowest BCUT2D eigenvalue weighted by Gasteiger charge is -2.16. The summed E-state index contributed by atoms with van der Waals surface area (Å²) in [6.07, 6.45) is 6.87. The highest BCUT2D eigenvalue weighted by atomic mass is 79.9. The summed E-state index contributed by atoms with van der Waals surface area (Å²) in [5.41, 5.74) is 8.68. The molecule has 0 unspecified atom stereocenters. The van der Waals surface area contributed by atoms with Gasteiger partial charge in [0.1, 0.15) is 29.0 Å². The number of benzene rings is 3. The molecule has 0 amide bonds. The molecule has 7 heteroatoms. The van der Waals surface area contributed by atoms with E-state index in [-0.39, 0.29) is 23.0 Å². The van der Waals surface area contributed by atoms with Gasteiger partial charge in [-0.3, -0.25) is 0 Å². The minimum atomic E-state index is -0.575. The Bertz CT molecular complexity index is 1200. The van der Waals surface area contributed by atoms with Crippen LogP contribution in [0.1, 0.15) is 35.1 Å². The highest BCUT2D eigenvalue weighted by Crippen LogP contribution is 2.44. The molecule has 2 nitrogen and oxygen atoms in total. The van der Waals surface area contributed by atoms with E-state index in [1.807, 2.05) is 36.4 Å². The van der Waals surface area contributed by atoms with Crippen molar-refractivity contribution < 1.29 is 13.5 Å². The van der Waals surface area contributed by atoms with Crippen LogP contribution in [-0.2, 0) is 13.0 Å². The Balaban J connectivity index is 1.74. The zero-order valence-corrected chi connectivity index (χ0v) is 20.3. The number of aryl methyl sites for hydroxylation is 1. The Labute approximate surface area is 204 Å². The lowest BCUT2D eigenvalue weighted by molar-refractivity contribution is 0.297. The number of hydrogen-bond acceptors (Lipinski definition) is 3. The van der Waals surface area contributed by atoms with Crippen molar-refractivity contribution in [3.05, 3.63) is 93.0 Å². The van der Waals surface area contributed by atoms with Crippen molar-refractivity contribution in [1.29, 1.82) is 0 Å². The predicted octanol–water partition coefficient (Wildman–Crippen LogP) is 7.44. The Kier molecular flexibility index (Phi) is 7.28. The molecule has 0 atom stereocenters. The van der Waals surface area contributed by atoms with Gasteiger partial charge in [-0.15, -0.1) is 0 Å².